The molecule has 15 heavy (non-hydrogen) atoms. The Morgan fingerprint density at radius 1 is 1.40 bits per heavy atom. The van der Waals surface area contributed by atoms with E-state index >= 15 is 0 Å². The van der Waals surface area contributed by atoms with Gasteiger partial charge in [-0.15, -0.1) is 0 Å². The van der Waals surface area contributed by atoms with E-state index in [1.807, 2.05) is 18.7 Å². The van der Waals surface area contributed by atoms with Gasteiger partial charge in [0, 0.05) is 20.2 Å². The third kappa shape index (κ3) is 3.18. The van der Waals surface area contributed by atoms with Gasteiger partial charge in [0.1, 0.15) is 0 Å². The fraction of sp³-hybridized carbons (Fsp3) is 0.909. The fourth-order valence-corrected chi connectivity index (χ4v) is 2.01. The van der Waals surface area contributed by atoms with E-state index in [0.29, 0.717) is 0 Å². The number of hydrogen-bond donors (Lipinski definition) is 0. The molecule has 1 aliphatic rings. The molecule has 3 nitrogen and oxygen atoms in total. The van der Waals surface area contributed by atoms with E-state index in [1.54, 1.807) is 7.11 Å². The molecule has 1 amide bonds. The third-order valence-corrected chi connectivity index (χ3v) is 3.45. The molecule has 88 valence electrons. The van der Waals surface area contributed by atoms with Crippen molar-refractivity contribution in [1.82, 2.24) is 4.90 Å². The number of carbonyl (C=O) groups is 1. The molecule has 1 aliphatic heterocycles. The Kier molecular flexibility index (Phi) is 3.82. The minimum atomic E-state index is -0.451. The lowest BCUT2D eigenvalue weighted by Gasteiger charge is -2.40. The number of hydrogen-bond acceptors (Lipinski definition) is 2. The minimum absolute atomic E-state index is 0.0484. The van der Waals surface area contributed by atoms with E-state index in [9.17, 15) is 4.79 Å². The molecule has 1 saturated heterocycles. The van der Waals surface area contributed by atoms with E-state index in [-0.39, 0.29) is 11.5 Å². The van der Waals surface area contributed by atoms with Crippen LogP contribution in [0.15, 0.2) is 0 Å². The number of amides is 1. The lowest BCUT2D eigenvalue weighted by molar-refractivity contribution is -0.137. The summed E-state index contributed by atoms with van der Waals surface area (Å²) in [6, 6.07) is 0. The number of carbonyl (C=O) groups excluding carboxylic acids is 1. The van der Waals surface area contributed by atoms with Gasteiger partial charge in [-0.2, -0.15) is 0 Å². The van der Waals surface area contributed by atoms with E-state index in [0.717, 1.165) is 25.9 Å². The van der Waals surface area contributed by atoms with Crippen LogP contribution in [0.5, 0.6) is 0 Å². The van der Waals surface area contributed by atoms with Crippen molar-refractivity contribution in [3.63, 3.8) is 0 Å². The predicted octanol–water partition coefficient (Wildman–Crippen LogP) is 2.19. The monoisotopic (exact) mass is 277 g/mol. The number of alkyl halides is 1. The molecule has 0 aromatic rings. The Hall–Kier alpha value is -0.0900. The van der Waals surface area contributed by atoms with Crippen LogP contribution in [0, 0.1) is 0 Å². The van der Waals surface area contributed by atoms with Crippen molar-refractivity contribution in [2.24, 2.45) is 0 Å². The first-order valence-electron chi connectivity index (χ1n) is 5.32. The molecule has 1 heterocycles. The number of halogens is 1. The molecule has 0 spiro atoms. The molecule has 0 aromatic carbocycles. The van der Waals surface area contributed by atoms with Crippen LogP contribution in [0.2, 0.25) is 0 Å². The molecule has 0 saturated carbocycles. The molecular weight excluding hydrogens is 258 g/mol. The Morgan fingerprint density at radius 2 is 1.87 bits per heavy atom. The first-order chi connectivity index (χ1) is 6.78. The first kappa shape index (κ1) is 13.0. The Morgan fingerprint density at radius 3 is 2.20 bits per heavy atom. The average Bonchev–Trinajstić information content (AvgIpc) is 2.17. The van der Waals surface area contributed by atoms with Gasteiger partial charge in [-0.1, -0.05) is 15.9 Å². The molecule has 0 aromatic heterocycles. The SMILES string of the molecule is COC1(C)CCN(C(=O)C(C)(C)Br)CC1. The zero-order valence-electron chi connectivity index (χ0n) is 9.97. The highest BCUT2D eigenvalue weighted by Gasteiger charge is 2.35. The summed E-state index contributed by atoms with van der Waals surface area (Å²) in [5.74, 6) is 0.167. The van der Waals surface area contributed by atoms with Gasteiger partial charge in [-0.05, 0) is 33.6 Å². The summed E-state index contributed by atoms with van der Waals surface area (Å²) in [6.45, 7) is 7.46. The van der Waals surface area contributed by atoms with Crippen LogP contribution in [0.25, 0.3) is 0 Å². The van der Waals surface area contributed by atoms with Crippen molar-refractivity contribution >= 4 is 21.8 Å². The number of nitrogens with zero attached hydrogens (tertiary/aromatic N) is 1. The summed E-state index contributed by atoms with van der Waals surface area (Å²) in [5, 5.41) is 0. The van der Waals surface area contributed by atoms with E-state index < -0.39 is 4.32 Å². The van der Waals surface area contributed by atoms with Crippen LogP contribution in [0.1, 0.15) is 33.6 Å². The highest BCUT2D eigenvalue weighted by Crippen LogP contribution is 2.28. The van der Waals surface area contributed by atoms with E-state index in [1.165, 1.54) is 0 Å². The Balaban J connectivity index is 2.55. The molecule has 0 aliphatic carbocycles. The fourth-order valence-electron chi connectivity index (χ4n) is 1.76. The average molecular weight is 278 g/mol. The summed E-state index contributed by atoms with van der Waals surface area (Å²) in [7, 11) is 1.74. The molecule has 0 atom stereocenters. The number of rotatable bonds is 2. The molecule has 0 radical (unpaired) electrons. The van der Waals surface area contributed by atoms with E-state index in [2.05, 4.69) is 22.9 Å². The van der Waals surface area contributed by atoms with Gasteiger partial charge in [0.2, 0.25) is 5.91 Å². The highest BCUT2D eigenvalue weighted by atomic mass is 79.9. The Bertz CT molecular complexity index is 239. The van der Waals surface area contributed by atoms with Crippen LogP contribution < -0.4 is 0 Å². The summed E-state index contributed by atoms with van der Waals surface area (Å²) >= 11 is 3.40. The zero-order valence-corrected chi connectivity index (χ0v) is 11.6. The summed E-state index contributed by atoms with van der Waals surface area (Å²) in [5.41, 5.74) is -0.0484. The standard InChI is InChI=1S/C11H20BrNO2/c1-10(2,12)9(14)13-7-5-11(3,15-4)6-8-13/h5-8H2,1-4H3. The van der Waals surface area contributed by atoms with Gasteiger partial charge in [0.05, 0.1) is 9.93 Å². The normalized spacial score (nSPS) is 21.5. The quantitative estimate of drug-likeness (QED) is 0.725. The summed E-state index contributed by atoms with van der Waals surface area (Å²) in [4.78, 5) is 13.9. The van der Waals surface area contributed by atoms with E-state index in [4.69, 9.17) is 4.74 Å². The second kappa shape index (κ2) is 4.42. The maximum absolute atomic E-state index is 12.0. The van der Waals surface area contributed by atoms with Gasteiger partial charge < -0.3 is 9.64 Å². The number of likely N-dealkylation sites (tertiary alicyclic amines) is 1. The van der Waals surface area contributed by atoms with Crippen LogP contribution in [-0.2, 0) is 9.53 Å². The summed E-state index contributed by atoms with van der Waals surface area (Å²) < 4.78 is 4.99. The van der Waals surface area contributed by atoms with Crippen LogP contribution in [-0.4, -0.2) is 40.9 Å². The van der Waals surface area contributed by atoms with Crippen LogP contribution in [0.4, 0.5) is 0 Å². The van der Waals surface area contributed by atoms with Crippen molar-refractivity contribution < 1.29 is 9.53 Å². The van der Waals surface area contributed by atoms with Crippen molar-refractivity contribution in [3.8, 4) is 0 Å². The molecule has 1 fully saturated rings. The van der Waals surface area contributed by atoms with Gasteiger partial charge in [0.25, 0.3) is 0 Å². The van der Waals surface area contributed by atoms with Gasteiger partial charge in [-0.3, -0.25) is 4.79 Å². The molecule has 0 N–H and O–H groups in total. The smallest absolute Gasteiger partial charge is 0.238 e. The van der Waals surface area contributed by atoms with Gasteiger partial charge >= 0.3 is 0 Å². The Labute approximate surface area is 100 Å². The van der Waals surface area contributed by atoms with Gasteiger partial charge in [-0.25, -0.2) is 0 Å². The molecule has 1 rings (SSSR count). The van der Waals surface area contributed by atoms with Crippen LogP contribution in [0.3, 0.4) is 0 Å². The maximum Gasteiger partial charge on any atom is 0.238 e. The molecule has 4 heteroatoms. The topological polar surface area (TPSA) is 29.5 Å². The van der Waals surface area contributed by atoms with Crippen molar-refractivity contribution in [2.75, 3.05) is 20.2 Å². The maximum atomic E-state index is 12.0. The van der Waals surface area contributed by atoms with Crippen molar-refractivity contribution in [1.29, 1.82) is 0 Å². The number of methoxy groups -OCH3 is 1. The summed E-state index contributed by atoms with van der Waals surface area (Å²) in [6.07, 6.45) is 1.83. The molecule has 0 bridgehead atoms. The third-order valence-electron chi connectivity index (χ3n) is 3.11. The van der Waals surface area contributed by atoms with Gasteiger partial charge in [0.15, 0.2) is 0 Å². The minimum Gasteiger partial charge on any atom is -0.378 e. The molecular formula is C11H20BrNO2. The molecule has 0 unspecified atom stereocenters. The lowest BCUT2D eigenvalue weighted by Crippen LogP contribution is -2.50. The lowest BCUT2D eigenvalue weighted by atomic mass is 9.93. The second-order valence-electron chi connectivity index (χ2n) is 4.92. The number of piperidine rings is 1. The zero-order chi connectivity index (χ0) is 11.7. The largest absolute Gasteiger partial charge is 0.378 e. The van der Waals surface area contributed by atoms with Crippen LogP contribution >= 0.6 is 15.9 Å². The predicted molar refractivity (Wildman–Crippen MR) is 64.2 cm³/mol. The first-order valence-corrected chi connectivity index (χ1v) is 6.11. The van der Waals surface area contributed by atoms with Crippen molar-refractivity contribution in [2.45, 2.75) is 43.5 Å². The number of ether oxygens (including phenoxy) is 1. The second-order valence-corrected chi connectivity index (χ2v) is 6.90. The highest BCUT2D eigenvalue weighted by molar-refractivity contribution is 9.10. The van der Waals surface area contributed by atoms with Crippen molar-refractivity contribution in [3.05, 3.63) is 0 Å².